The van der Waals surface area contributed by atoms with E-state index in [1.807, 2.05) is 0 Å². The fourth-order valence-electron chi connectivity index (χ4n) is 2.15. The number of thiophene rings is 1. The lowest BCUT2D eigenvalue weighted by Gasteiger charge is -2.07. The topological polar surface area (TPSA) is 58.2 Å². The normalized spacial score (nSPS) is 10.4. The van der Waals surface area contributed by atoms with E-state index in [1.54, 1.807) is 24.3 Å². The number of benzene rings is 2. The number of carbonyl (C=O) groups excluding carboxylic acids is 2. The minimum absolute atomic E-state index is 0.296. The van der Waals surface area contributed by atoms with Crippen molar-refractivity contribution in [3.63, 3.8) is 0 Å². The van der Waals surface area contributed by atoms with Crippen molar-refractivity contribution in [3.05, 3.63) is 82.5 Å². The Bertz CT molecular complexity index is 971. The van der Waals surface area contributed by atoms with E-state index in [4.69, 9.17) is 0 Å². The number of hydrazine groups is 1. The number of halogens is 3. The molecule has 0 bridgehead atoms. The maximum Gasteiger partial charge on any atom is 0.279 e. The van der Waals surface area contributed by atoms with Crippen LogP contribution in [0.5, 0.6) is 0 Å². The molecule has 0 fully saturated rings. The SMILES string of the molecule is O=C(NNC(=O)c1ccc(F)cc1F)c1ccc(-c2ccc(F)cc2)s1. The van der Waals surface area contributed by atoms with Gasteiger partial charge in [-0.2, -0.15) is 0 Å². The van der Waals surface area contributed by atoms with Crippen LogP contribution in [0.4, 0.5) is 13.2 Å². The highest BCUT2D eigenvalue weighted by molar-refractivity contribution is 7.17. The maximum absolute atomic E-state index is 13.5. The second kappa shape index (κ2) is 7.40. The zero-order valence-corrected chi connectivity index (χ0v) is 13.9. The van der Waals surface area contributed by atoms with Crippen molar-refractivity contribution in [2.24, 2.45) is 0 Å². The van der Waals surface area contributed by atoms with Gasteiger partial charge in [-0.1, -0.05) is 12.1 Å². The molecule has 0 unspecified atom stereocenters. The van der Waals surface area contributed by atoms with Crippen LogP contribution >= 0.6 is 11.3 Å². The molecule has 0 aliphatic rings. The molecule has 8 heteroatoms. The smallest absolute Gasteiger partial charge is 0.267 e. The van der Waals surface area contributed by atoms with E-state index in [9.17, 15) is 22.8 Å². The summed E-state index contributed by atoms with van der Waals surface area (Å²) in [6.07, 6.45) is 0. The molecule has 0 atom stereocenters. The summed E-state index contributed by atoms with van der Waals surface area (Å²) in [5.41, 5.74) is 4.58. The van der Waals surface area contributed by atoms with Crippen LogP contribution in [-0.2, 0) is 0 Å². The Hall–Kier alpha value is -3.13. The molecule has 0 aliphatic carbocycles. The highest BCUT2D eigenvalue weighted by Gasteiger charge is 2.15. The Labute approximate surface area is 150 Å². The van der Waals surface area contributed by atoms with E-state index in [-0.39, 0.29) is 5.82 Å². The van der Waals surface area contributed by atoms with Gasteiger partial charge in [0.1, 0.15) is 17.5 Å². The van der Waals surface area contributed by atoms with E-state index in [0.29, 0.717) is 10.9 Å². The predicted molar refractivity (Wildman–Crippen MR) is 91.0 cm³/mol. The average Bonchev–Trinajstić information content (AvgIpc) is 3.10. The van der Waals surface area contributed by atoms with Crippen LogP contribution < -0.4 is 10.9 Å². The third kappa shape index (κ3) is 3.92. The summed E-state index contributed by atoms with van der Waals surface area (Å²) in [7, 11) is 0. The van der Waals surface area contributed by atoms with Gasteiger partial charge >= 0.3 is 0 Å². The second-order valence-electron chi connectivity index (χ2n) is 5.20. The van der Waals surface area contributed by atoms with Crippen LogP contribution in [0.2, 0.25) is 0 Å². The molecule has 132 valence electrons. The van der Waals surface area contributed by atoms with Crippen molar-refractivity contribution in [2.75, 3.05) is 0 Å². The summed E-state index contributed by atoms with van der Waals surface area (Å²) in [4.78, 5) is 25.0. The Kier molecular flexibility index (Phi) is 5.04. The second-order valence-corrected chi connectivity index (χ2v) is 6.29. The van der Waals surface area contributed by atoms with Crippen LogP contribution in [0.25, 0.3) is 10.4 Å². The molecule has 3 rings (SSSR count). The highest BCUT2D eigenvalue weighted by atomic mass is 32.1. The first-order valence-corrected chi connectivity index (χ1v) is 8.17. The third-order valence-electron chi connectivity index (χ3n) is 3.42. The number of carbonyl (C=O) groups is 2. The van der Waals surface area contributed by atoms with Gasteiger partial charge in [0.15, 0.2) is 0 Å². The van der Waals surface area contributed by atoms with Crippen molar-refractivity contribution in [1.29, 1.82) is 0 Å². The van der Waals surface area contributed by atoms with Gasteiger partial charge in [-0.15, -0.1) is 11.3 Å². The lowest BCUT2D eigenvalue weighted by atomic mass is 10.2. The van der Waals surface area contributed by atoms with E-state index in [1.165, 1.54) is 12.1 Å². The average molecular weight is 376 g/mol. The molecule has 0 radical (unpaired) electrons. The first kappa shape index (κ1) is 17.7. The molecule has 2 aromatic carbocycles. The van der Waals surface area contributed by atoms with Crippen LogP contribution in [-0.4, -0.2) is 11.8 Å². The van der Waals surface area contributed by atoms with Crippen molar-refractivity contribution in [2.45, 2.75) is 0 Å². The van der Waals surface area contributed by atoms with Gasteiger partial charge in [0.25, 0.3) is 11.8 Å². The number of amides is 2. The molecule has 2 N–H and O–H groups in total. The Morgan fingerprint density at radius 3 is 2.12 bits per heavy atom. The van der Waals surface area contributed by atoms with Crippen LogP contribution in [0.3, 0.4) is 0 Å². The van der Waals surface area contributed by atoms with E-state index in [2.05, 4.69) is 10.9 Å². The summed E-state index contributed by atoms with van der Waals surface area (Å²) < 4.78 is 39.3. The van der Waals surface area contributed by atoms with Crippen LogP contribution in [0.15, 0.2) is 54.6 Å². The summed E-state index contributed by atoms with van der Waals surface area (Å²) in [6.45, 7) is 0. The van der Waals surface area contributed by atoms with Gasteiger partial charge in [-0.05, 0) is 42.0 Å². The van der Waals surface area contributed by atoms with Crippen LogP contribution in [0, 0.1) is 17.5 Å². The molecule has 0 spiro atoms. The molecule has 26 heavy (non-hydrogen) atoms. The lowest BCUT2D eigenvalue weighted by Crippen LogP contribution is -2.41. The standard InChI is InChI=1S/C18H11F3N2O2S/c19-11-3-1-10(2-4-11)15-7-8-16(26-15)18(25)23-22-17(24)13-6-5-12(20)9-14(13)21/h1-9H,(H,22,24)(H,23,25). The monoisotopic (exact) mass is 376 g/mol. The number of hydrogen-bond donors (Lipinski definition) is 2. The minimum Gasteiger partial charge on any atom is -0.267 e. The molecule has 0 aliphatic heterocycles. The summed E-state index contributed by atoms with van der Waals surface area (Å²) in [5.74, 6) is -3.72. The fourth-order valence-corrected chi connectivity index (χ4v) is 3.05. The van der Waals surface area contributed by atoms with Crippen molar-refractivity contribution < 1.29 is 22.8 Å². The van der Waals surface area contributed by atoms with Crippen molar-refractivity contribution in [1.82, 2.24) is 10.9 Å². The molecule has 2 amide bonds. The zero-order valence-electron chi connectivity index (χ0n) is 13.1. The van der Waals surface area contributed by atoms with Crippen LogP contribution in [0.1, 0.15) is 20.0 Å². The molecule has 1 aromatic heterocycles. The largest absolute Gasteiger partial charge is 0.279 e. The molecule has 3 aromatic rings. The first-order valence-electron chi connectivity index (χ1n) is 7.35. The maximum atomic E-state index is 13.5. The quantitative estimate of drug-likeness (QED) is 0.681. The lowest BCUT2D eigenvalue weighted by molar-refractivity contribution is 0.0846. The molecule has 0 saturated carbocycles. The molecular formula is C18H11F3N2O2S. The van der Waals surface area contributed by atoms with Crippen molar-refractivity contribution >= 4 is 23.2 Å². The predicted octanol–water partition coefficient (Wildman–Crippen LogP) is 3.91. The Balaban J connectivity index is 1.65. The van der Waals surface area contributed by atoms with E-state index < -0.39 is 29.0 Å². The van der Waals surface area contributed by atoms with Gasteiger partial charge in [0.2, 0.25) is 0 Å². The Morgan fingerprint density at radius 2 is 1.42 bits per heavy atom. The van der Waals surface area contributed by atoms with Gasteiger partial charge in [0, 0.05) is 10.9 Å². The number of rotatable bonds is 3. The number of hydrogen-bond acceptors (Lipinski definition) is 3. The van der Waals surface area contributed by atoms with E-state index in [0.717, 1.165) is 33.9 Å². The third-order valence-corrected chi connectivity index (χ3v) is 4.56. The summed E-state index contributed by atoms with van der Waals surface area (Å²) in [5, 5.41) is 0. The van der Waals surface area contributed by atoms with Gasteiger partial charge in [0.05, 0.1) is 10.4 Å². The van der Waals surface area contributed by atoms with Gasteiger partial charge in [-0.25, -0.2) is 13.2 Å². The van der Waals surface area contributed by atoms with Crippen molar-refractivity contribution in [3.8, 4) is 10.4 Å². The first-order chi connectivity index (χ1) is 12.4. The summed E-state index contributed by atoms with van der Waals surface area (Å²) >= 11 is 1.14. The highest BCUT2D eigenvalue weighted by Crippen LogP contribution is 2.28. The van der Waals surface area contributed by atoms with Gasteiger partial charge < -0.3 is 0 Å². The molecular weight excluding hydrogens is 365 g/mol. The molecule has 0 saturated heterocycles. The summed E-state index contributed by atoms with van der Waals surface area (Å²) in [6, 6.07) is 11.5. The van der Waals surface area contributed by atoms with E-state index >= 15 is 0 Å². The van der Waals surface area contributed by atoms with Gasteiger partial charge in [-0.3, -0.25) is 20.4 Å². The fraction of sp³-hybridized carbons (Fsp3) is 0. The molecule has 4 nitrogen and oxygen atoms in total. The Morgan fingerprint density at radius 1 is 0.769 bits per heavy atom. The minimum atomic E-state index is -1.04. The zero-order chi connectivity index (χ0) is 18.7. The number of nitrogens with one attached hydrogen (secondary N) is 2. The molecule has 1 heterocycles.